The van der Waals surface area contributed by atoms with Crippen molar-refractivity contribution in [1.82, 2.24) is 20.0 Å². The SMILES string of the molecule is CNCC(COC)N(C)Cc1cnn(C)c1. The van der Waals surface area contributed by atoms with E-state index in [0.717, 1.165) is 19.7 Å². The third kappa shape index (κ3) is 3.92. The van der Waals surface area contributed by atoms with Crippen LogP contribution in [0.4, 0.5) is 0 Å². The molecular formula is C11H22N4O. The number of nitrogens with zero attached hydrogens (tertiary/aromatic N) is 3. The minimum absolute atomic E-state index is 0.384. The highest BCUT2D eigenvalue weighted by Gasteiger charge is 2.14. The van der Waals surface area contributed by atoms with Crippen molar-refractivity contribution in [1.29, 1.82) is 0 Å². The maximum atomic E-state index is 5.22. The van der Waals surface area contributed by atoms with Gasteiger partial charge in [-0.05, 0) is 14.1 Å². The highest BCUT2D eigenvalue weighted by molar-refractivity contribution is 5.03. The van der Waals surface area contributed by atoms with E-state index in [2.05, 4.69) is 22.4 Å². The summed E-state index contributed by atoms with van der Waals surface area (Å²) in [5.41, 5.74) is 1.22. The van der Waals surface area contributed by atoms with Gasteiger partial charge in [-0.1, -0.05) is 0 Å². The van der Waals surface area contributed by atoms with E-state index >= 15 is 0 Å². The first-order valence-electron chi connectivity index (χ1n) is 5.48. The summed E-state index contributed by atoms with van der Waals surface area (Å²) in [5, 5.41) is 7.35. The molecule has 0 radical (unpaired) electrons. The molecule has 1 heterocycles. The Labute approximate surface area is 97.4 Å². The second-order valence-corrected chi connectivity index (χ2v) is 4.10. The maximum Gasteiger partial charge on any atom is 0.0630 e. The van der Waals surface area contributed by atoms with Crippen LogP contribution in [0.1, 0.15) is 5.56 Å². The molecule has 1 aromatic rings. The van der Waals surface area contributed by atoms with Crippen molar-refractivity contribution < 1.29 is 4.74 Å². The van der Waals surface area contributed by atoms with Crippen molar-refractivity contribution in [2.24, 2.45) is 7.05 Å². The minimum atomic E-state index is 0.384. The van der Waals surface area contributed by atoms with Crippen molar-refractivity contribution in [2.75, 3.05) is 34.4 Å². The smallest absolute Gasteiger partial charge is 0.0630 e. The Bertz CT molecular complexity index is 294. The second kappa shape index (κ2) is 6.62. The monoisotopic (exact) mass is 226 g/mol. The van der Waals surface area contributed by atoms with E-state index in [1.54, 1.807) is 7.11 Å². The molecule has 1 aromatic heterocycles. The fourth-order valence-corrected chi connectivity index (χ4v) is 1.74. The molecule has 0 fully saturated rings. The molecule has 0 bridgehead atoms. The van der Waals surface area contributed by atoms with E-state index in [1.807, 2.05) is 31.2 Å². The number of likely N-dealkylation sites (N-methyl/N-ethyl adjacent to an activating group) is 2. The largest absolute Gasteiger partial charge is 0.383 e. The molecular weight excluding hydrogens is 204 g/mol. The first-order valence-corrected chi connectivity index (χ1v) is 5.48. The number of rotatable bonds is 7. The summed E-state index contributed by atoms with van der Waals surface area (Å²) in [4.78, 5) is 2.27. The molecule has 0 amide bonds. The lowest BCUT2D eigenvalue weighted by atomic mass is 10.2. The van der Waals surface area contributed by atoms with Crippen LogP contribution in [0.15, 0.2) is 12.4 Å². The predicted octanol–water partition coefficient (Wildman–Crippen LogP) is 0.0863. The van der Waals surface area contributed by atoms with Gasteiger partial charge in [-0.2, -0.15) is 5.10 Å². The van der Waals surface area contributed by atoms with Gasteiger partial charge in [0.05, 0.1) is 12.8 Å². The standard InChI is InChI=1S/C11H22N4O/c1-12-6-11(9-16-4)14(2)7-10-5-13-15(3)8-10/h5,8,11-12H,6-7,9H2,1-4H3. The second-order valence-electron chi connectivity index (χ2n) is 4.10. The quantitative estimate of drug-likeness (QED) is 0.715. The zero-order valence-electron chi connectivity index (χ0n) is 10.6. The first-order chi connectivity index (χ1) is 7.67. The molecule has 92 valence electrons. The van der Waals surface area contributed by atoms with Gasteiger partial charge in [-0.15, -0.1) is 0 Å². The molecule has 1 atom stereocenters. The normalized spacial score (nSPS) is 13.3. The number of methoxy groups -OCH3 is 1. The average molecular weight is 226 g/mol. The Kier molecular flexibility index (Phi) is 5.45. The average Bonchev–Trinajstić information content (AvgIpc) is 2.63. The van der Waals surface area contributed by atoms with Crippen molar-refractivity contribution in [3.05, 3.63) is 18.0 Å². The molecule has 0 saturated heterocycles. The highest BCUT2D eigenvalue weighted by Crippen LogP contribution is 2.05. The lowest BCUT2D eigenvalue weighted by molar-refractivity contribution is 0.102. The zero-order chi connectivity index (χ0) is 12.0. The van der Waals surface area contributed by atoms with Gasteiger partial charge in [0.1, 0.15) is 0 Å². The lowest BCUT2D eigenvalue weighted by Gasteiger charge is -2.26. The Morgan fingerprint density at radius 3 is 2.88 bits per heavy atom. The van der Waals surface area contributed by atoms with E-state index in [9.17, 15) is 0 Å². The van der Waals surface area contributed by atoms with Crippen LogP contribution >= 0.6 is 0 Å². The van der Waals surface area contributed by atoms with E-state index in [4.69, 9.17) is 4.74 Å². The van der Waals surface area contributed by atoms with Crippen LogP contribution in [-0.2, 0) is 18.3 Å². The molecule has 0 aromatic carbocycles. The van der Waals surface area contributed by atoms with Crippen LogP contribution < -0.4 is 5.32 Å². The molecule has 16 heavy (non-hydrogen) atoms. The van der Waals surface area contributed by atoms with Crippen LogP contribution in [0.2, 0.25) is 0 Å². The summed E-state index contributed by atoms with van der Waals surface area (Å²) in [6, 6.07) is 0.384. The fourth-order valence-electron chi connectivity index (χ4n) is 1.74. The molecule has 1 N–H and O–H groups in total. The van der Waals surface area contributed by atoms with E-state index in [1.165, 1.54) is 5.56 Å². The summed E-state index contributed by atoms with van der Waals surface area (Å²) in [6.07, 6.45) is 3.94. The van der Waals surface area contributed by atoms with E-state index < -0.39 is 0 Å². The number of hydrogen-bond acceptors (Lipinski definition) is 4. The Morgan fingerprint density at radius 2 is 2.38 bits per heavy atom. The molecule has 0 spiro atoms. The lowest BCUT2D eigenvalue weighted by Crippen LogP contribution is -2.41. The van der Waals surface area contributed by atoms with Crippen molar-refractivity contribution in [3.63, 3.8) is 0 Å². The third-order valence-corrected chi connectivity index (χ3v) is 2.61. The first kappa shape index (κ1) is 13.2. The van der Waals surface area contributed by atoms with Gasteiger partial charge in [0, 0.05) is 45.0 Å². The van der Waals surface area contributed by atoms with Gasteiger partial charge in [0.15, 0.2) is 0 Å². The number of ether oxygens (including phenoxy) is 1. The summed E-state index contributed by atoms with van der Waals surface area (Å²) >= 11 is 0. The summed E-state index contributed by atoms with van der Waals surface area (Å²) in [7, 11) is 7.74. The third-order valence-electron chi connectivity index (χ3n) is 2.61. The summed E-state index contributed by atoms with van der Waals surface area (Å²) in [6.45, 7) is 2.55. The Morgan fingerprint density at radius 1 is 1.62 bits per heavy atom. The van der Waals surface area contributed by atoms with Crippen LogP contribution in [0.25, 0.3) is 0 Å². The molecule has 5 heteroatoms. The molecule has 0 aliphatic carbocycles. The predicted molar refractivity (Wildman–Crippen MR) is 64.3 cm³/mol. The topological polar surface area (TPSA) is 42.3 Å². The van der Waals surface area contributed by atoms with Crippen molar-refractivity contribution >= 4 is 0 Å². The Balaban J connectivity index is 2.50. The molecule has 0 saturated carbocycles. The zero-order valence-corrected chi connectivity index (χ0v) is 10.6. The maximum absolute atomic E-state index is 5.22. The molecule has 0 aliphatic heterocycles. The van der Waals surface area contributed by atoms with Gasteiger partial charge >= 0.3 is 0 Å². The van der Waals surface area contributed by atoms with Gasteiger partial charge in [-0.3, -0.25) is 9.58 Å². The van der Waals surface area contributed by atoms with Crippen molar-refractivity contribution in [3.8, 4) is 0 Å². The van der Waals surface area contributed by atoms with E-state index in [0.29, 0.717) is 6.04 Å². The van der Waals surface area contributed by atoms with Gasteiger partial charge < -0.3 is 10.1 Å². The fraction of sp³-hybridized carbons (Fsp3) is 0.727. The van der Waals surface area contributed by atoms with E-state index in [-0.39, 0.29) is 0 Å². The summed E-state index contributed by atoms with van der Waals surface area (Å²) in [5.74, 6) is 0. The number of nitrogens with one attached hydrogen (secondary N) is 1. The Hall–Kier alpha value is -0.910. The molecule has 1 unspecified atom stereocenters. The number of aromatic nitrogens is 2. The van der Waals surface area contributed by atoms with Gasteiger partial charge in [-0.25, -0.2) is 0 Å². The summed E-state index contributed by atoms with van der Waals surface area (Å²) < 4.78 is 7.04. The minimum Gasteiger partial charge on any atom is -0.383 e. The van der Waals surface area contributed by atoms with Gasteiger partial charge in [0.2, 0.25) is 0 Å². The van der Waals surface area contributed by atoms with Gasteiger partial charge in [0.25, 0.3) is 0 Å². The van der Waals surface area contributed by atoms with Crippen LogP contribution in [-0.4, -0.2) is 55.1 Å². The number of aryl methyl sites for hydroxylation is 1. The number of hydrogen-bond donors (Lipinski definition) is 1. The van der Waals surface area contributed by atoms with Crippen LogP contribution in [0.3, 0.4) is 0 Å². The molecule has 0 aliphatic rings. The van der Waals surface area contributed by atoms with Crippen molar-refractivity contribution in [2.45, 2.75) is 12.6 Å². The highest BCUT2D eigenvalue weighted by atomic mass is 16.5. The molecule has 5 nitrogen and oxygen atoms in total. The molecule has 1 rings (SSSR count). The van der Waals surface area contributed by atoms with Crippen LogP contribution in [0.5, 0.6) is 0 Å². The van der Waals surface area contributed by atoms with Crippen LogP contribution in [0, 0.1) is 0 Å².